The van der Waals surface area contributed by atoms with Crippen LogP contribution in [0.25, 0.3) is 0 Å². The highest BCUT2D eigenvalue weighted by atomic mass is 16.5. The van der Waals surface area contributed by atoms with E-state index in [4.69, 9.17) is 4.74 Å². The Bertz CT molecular complexity index is 284. The van der Waals surface area contributed by atoms with Crippen LogP contribution in [0.2, 0.25) is 0 Å². The summed E-state index contributed by atoms with van der Waals surface area (Å²) in [5.41, 5.74) is 0. The molecule has 4 heteroatoms. The van der Waals surface area contributed by atoms with Crippen molar-refractivity contribution in [3.8, 4) is 0 Å². The first-order chi connectivity index (χ1) is 7.70. The number of aromatic nitrogens is 2. The molecule has 0 saturated heterocycles. The zero-order valence-corrected chi connectivity index (χ0v) is 10.6. The molecule has 0 bridgehead atoms. The van der Waals surface area contributed by atoms with Gasteiger partial charge in [0.2, 0.25) is 0 Å². The Morgan fingerprint density at radius 2 is 2.25 bits per heavy atom. The third kappa shape index (κ3) is 5.28. The first-order valence-corrected chi connectivity index (χ1v) is 5.97. The van der Waals surface area contributed by atoms with Crippen LogP contribution in [-0.2, 0) is 18.2 Å². The van der Waals surface area contributed by atoms with Gasteiger partial charge in [-0.05, 0) is 13.0 Å². The largest absolute Gasteiger partial charge is 0.381 e. The minimum Gasteiger partial charge on any atom is -0.381 e. The maximum absolute atomic E-state index is 5.55. The van der Waals surface area contributed by atoms with Gasteiger partial charge in [-0.1, -0.05) is 13.8 Å². The second-order valence-electron chi connectivity index (χ2n) is 4.28. The molecule has 0 aliphatic carbocycles. The van der Waals surface area contributed by atoms with Crippen molar-refractivity contribution in [2.24, 2.45) is 7.05 Å². The number of nitrogens with zero attached hydrogens (tertiary/aromatic N) is 2. The number of hydrogen-bond donors (Lipinski definition) is 1. The van der Waals surface area contributed by atoms with E-state index in [-0.39, 0.29) is 0 Å². The molecule has 0 aliphatic rings. The van der Waals surface area contributed by atoms with Gasteiger partial charge in [0.25, 0.3) is 0 Å². The van der Waals surface area contributed by atoms with Gasteiger partial charge in [-0.2, -0.15) is 0 Å². The van der Waals surface area contributed by atoms with Crippen molar-refractivity contribution in [2.45, 2.75) is 32.7 Å². The summed E-state index contributed by atoms with van der Waals surface area (Å²) in [5, 5.41) is 3.36. The third-order valence-electron chi connectivity index (χ3n) is 2.41. The number of nitrogens with one attached hydrogen (secondary N) is 1. The average Bonchev–Trinajstić information content (AvgIpc) is 2.62. The first kappa shape index (κ1) is 13.2. The molecule has 0 radical (unpaired) electrons. The zero-order chi connectivity index (χ0) is 11.8. The van der Waals surface area contributed by atoms with Gasteiger partial charge in [-0.25, -0.2) is 4.98 Å². The molecule has 1 aromatic heterocycles. The van der Waals surface area contributed by atoms with E-state index in [0.717, 1.165) is 38.4 Å². The molecule has 0 amide bonds. The van der Waals surface area contributed by atoms with Gasteiger partial charge in [-0.3, -0.25) is 0 Å². The van der Waals surface area contributed by atoms with Crippen LogP contribution >= 0.6 is 0 Å². The number of ether oxygens (including phenoxy) is 1. The van der Waals surface area contributed by atoms with Crippen LogP contribution in [0.5, 0.6) is 0 Å². The fraction of sp³-hybridized carbons (Fsp3) is 0.750. The monoisotopic (exact) mass is 225 g/mol. The Morgan fingerprint density at radius 3 is 2.88 bits per heavy atom. The van der Waals surface area contributed by atoms with Gasteiger partial charge in [-0.15, -0.1) is 0 Å². The van der Waals surface area contributed by atoms with Gasteiger partial charge >= 0.3 is 0 Å². The lowest BCUT2D eigenvalue weighted by Crippen LogP contribution is -2.24. The topological polar surface area (TPSA) is 39.1 Å². The standard InChI is InChI=1S/C12H23N3O/c1-11(2)13-6-4-9-16-10-5-12-14-7-8-15(12)3/h7-8,11,13H,4-6,9-10H2,1-3H3. The molecule has 1 heterocycles. The molecule has 0 fully saturated rings. The number of rotatable bonds is 8. The van der Waals surface area contributed by atoms with E-state index in [9.17, 15) is 0 Å². The molecule has 1 N–H and O–H groups in total. The van der Waals surface area contributed by atoms with Crippen molar-refractivity contribution < 1.29 is 4.74 Å². The highest BCUT2D eigenvalue weighted by Crippen LogP contribution is 1.96. The predicted molar refractivity (Wildman–Crippen MR) is 65.5 cm³/mol. The minimum absolute atomic E-state index is 0.563. The van der Waals surface area contributed by atoms with Crippen molar-refractivity contribution in [1.29, 1.82) is 0 Å². The number of imidazole rings is 1. The molecule has 0 aromatic carbocycles. The fourth-order valence-electron chi connectivity index (χ4n) is 1.47. The van der Waals surface area contributed by atoms with Crippen molar-refractivity contribution >= 4 is 0 Å². The zero-order valence-electron chi connectivity index (χ0n) is 10.6. The predicted octanol–water partition coefficient (Wildman–Crippen LogP) is 1.37. The molecule has 0 spiro atoms. The van der Waals surface area contributed by atoms with Gasteiger partial charge in [0.15, 0.2) is 0 Å². The summed E-state index contributed by atoms with van der Waals surface area (Å²) in [5.74, 6) is 1.08. The summed E-state index contributed by atoms with van der Waals surface area (Å²) >= 11 is 0. The molecule has 92 valence electrons. The second kappa shape index (κ2) is 7.41. The van der Waals surface area contributed by atoms with Crippen molar-refractivity contribution in [1.82, 2.24) is 14.9 Å². The van der Waals surface area contributed by atoms with Crippen LogP contribution in [0.3, 0.4) is 0 Å². The van der Waals surface area contributed by atoms with E-state index in [1.54, 1.807) is 0 Å². The van der Waals surface area contributed by atoms with Crippen LogP contribution in [0.1, 0.15) is 26.1 Å². The molecule has 4 nitrogen and oxygen atoms in total. The fourth-order valence-corrected chi connectivity index (χ4v) is 1.47. The molecule has 0 aliphatic heterocycles. The van der Waals surface area contributed by atoms with Crippen molar-refractivity contribution in [3.05, 3.63) is 18.2 Å². The normalized spacial score (nSPS) is 11.2. The Labute approximate surface area is 98.0 Å². The van der Waals surface area contributed by atoms with Crippen LogP contribution in [-0.4, -0.2) is 35.4 Å². The van der Waals surface area contributed by atoms with E-state index in [1.165, 1.54) is 0 Å². The minimum atomic E-state index is 0.563. The second-order valence-corrected chi connectivity index (χ2v) is 4.28. The van der Waals surface area contributed by atoms with Crippen molar-refractivity contribution in [2.75, 3.05) is 19.8 Å². The first-order valence-electron chi connectivity index (χ1n) is 5.97. The van der Waals surface area contributed by atoms with Gasteiger partial charge < -0.3 is 14.6 Å². The van der Waals surface area contributed by atoms with E-state index in [2.05, 4.69) is 24.1 Å². The Morgan fingerprint density at radius 1 is 1.44 bits per heavy atom. The van der Waals surface area contributed by atoms with Crippen LogP contribution in [0.15, 0.2) is 12.4 Å². The summed E-state index contributed by atoms with van der Waals surface area (Å²) in [6.45, 7) is 6.92. The summed E-state index contributed by atoms with van der Waals surface area (Å²) in [6.07, 6.45) is 5.74. The van der Waals surface area contributed by atoms with E-state index < -0.39 is 0 Å². The smallest absolute Gasteiger partial charge is 0.110 e. The highest BCUT2D eigenvalue weighted by molar-refractivity contribution is 4.90. The Hall–Kier alpha value is -0.870. The molecule has 0 atom stereocenters. The summed E-state index contributed by atoms with van der Waals surface area (Å²) in [6, 6.07) is 0.563. The molecular weight excluding hydrogens is 202 g/mol. The van der Waals surface area contributed by atoms with Crippen LogP contribution in [0.4, 0.5) is 0 Å². The van der Waals surface area contributed by atoms with Gasteiger partial charge in [0, 0.05) is 38.5 Å². The molecule has 1 rings (SSSR count). The highest BCUT2D eigenvalue weighted by Gasteiger charge is 1.98. The van der Waals surface area contributed by atoms with Gasteiger partial charge in [0.05, 0.1) is 6.61 Å². The third-order valence-corrected chi connectivity index (χ3v) is 2.41. The lowest BCUT2D eigenvalue weighted by molar-refractivity contribution is 0.132. The Kier molecular flexibility index (Phi) is 6.11. The molecule has 1 aromatic rings. The van der Waals surface area contributed by atoms with E-state index >= 15 is 0 Å². The molecule has 0 saturated carbocycles. The van der Waals surface area contributed by atoms with Crippen LogP contribution in [0, 0.1) is 0 Å². The molecule has 0 unspecified atom stereocenters. The Balaban J connectivity index is 1.94. The quantitative estimate of drug-likeness (QED) is 0.679. The SMILES string of the molecule is CC(C)NCCCOCCc1nccn1C. The lowest BCUT2D eigenvalue weighted by Gasteiger charge is -2.08. The van der Waals surface area contributed by atoms with Crippen LogP contribution < -0.4 is 5.32 Å². The molecule has 16 heavy (non-hydrogen) atoms. The van der Waals surface area contributed by atoms with Crippen molar-refractivity contribution in [3.63, 3.8) is 0 Å². The maximum atomic E-state index is 5.55. The molecular formula is C12H23N3O. The average molecular weight is 225 g/mol. The van der Waals surface area contributed by atoms with E-state index in [1.807, 2.05) is 24.0 Å². The lowest BCUT2D eigenvalue weighted by atomic mass is 10.3. The van der Waals surface area contributed by atoms with Gasteiger partial charge in [0.1, 0.15) is 5.82 Å². The maximum Gasteiger partial charge on any atom is 0.110 e. The van der Waals surface area contributed by atoms with E-state index in [0.29, 0.717) is 6.04 Å². The summed E-state index contributed by atoms with van der Waals surface area (Å²) < 4.78 is 7.58. The summed E-state index contributed by atoms with van der Waals surface area (Å²) in [4.78, 5) is 4.24. The summed E-state index contributed by atoms with van der Waals surface area (Å²) in [7, 11) is 2.01. The number of aryl methyl sites for hydroxylation is 1. The number of hydrogen-bond acceptors (Lipinski definition) is 3.